The number of hydrogen-bond acceptors (Lipinski definition) is 3. The fourth-order valence-electron chi connectivity index (χ4n) is 2.45. The second-order valence-electron chi connectivity index (χ2n) is 5.60. The van der Waals surface area contributed by atoms with E-state index >= 15 is 0 Å². The van der Waals surface area contributed by atoms with Gasteiger partial charge in [0.25, 0.3) is 0 Å². The lowest BCUT2D eigenvalue weighted by Crippen LogP contribution is -2.18. The van der Waals surface area contributed by atoms with Gasteiger partial charge in [-0.3, -0.25) is 0 Å². The van der Waals surface area contributed by atoms with Crippen LogP contribution >= 0.6 is 0 Å². The number of unbranched alkanes of at least 4 members (excludes halogenated alkanes) is 2. The highest BCUT2D eigenvalue weighted by molar-refractivity contribution is 5.16. The molecule has 23 heavy (non-hydrogen) atoms. The number of allylic oxidation sites excluding steroid dienone is 3. The molecule has 0 radical (unpaired) electrons. The van der Waals surface area contributed by atoms with Gasteiger partial charge in [-0.25, -0.2) is 0 Å². The van der Waals surface area contributed by atoms with Crippen molar-refractivity contribution in [1.82, 2.24) is 0 Å². The lowest BCUT2D eigenvalue weighted by atomic mass is 9.92. The van der Waals surface area contributed by atoms with Crippen molar-refractivity contribution in [3.63, 3.8) is 0 Å². The average Bonchev–Trinajstić information content (AvgIpc) is 2.58. The van der Waals surface area contributed by atoms with Gasteiger partial charge in [0, 0.05) is 0 Å². The summed E-state index contributed by atoms with van der Waals surface area (Å²) in [6, 6.07) is 0. The molecule has 138 valence electrons. The molecule has 3 atom stereocenters. The van der Waals surface area contributed by atoms with E-state index in [2.05, 4.69) is 6.92 Å². The van der Waals surface area contributed by atoms with Gasteiger partial charge < -0.3 is 15.3 Å². The molecule has 0 saturated carbocycles. The molecule has 0 bridgehead atoms. The van der Waals surface area contributed by atoms with Crippen LogP contribution in [0.4, 0.5) is 0 Å². The predicted molar refractivity (Wildman–Crippen MR) is 101 cm³/mol. The normalized spacial score (nSPS) is 18.7. The molecule has 2 unspecified atom stereocenters. The van der Waals surface area contributed by atoms with Crippen molar-refractivity contribution >= 4 is 0 Å². The van der Waals surface area contributed by atoms with Gasteiger partial charge in [0.2, 0.25) is 0 Å². The van der Waals surface area contributed by atoms with Crippen molar-refractivity contribution in [2.75, 3.05) is 0 Å². The van der Waals surface area contributed by atoms with Crippen molar-refractivity contribution in [1.29, 1.82) is 0 Å². The molecular formula is C20H40O3. The summed E-state index contributed by atoms with van der Waals surface area (Å²) in [5.41, 5.74) is 0. The molecule has 1 aliphatic carbocycles. The third-order valence-electron chi connectivity index (χ3n) is 3.72. The highest BCUT2D eigenvalue weighted by atomic mass is 16.3. The summed E-state index contributed by atoms with van der Waals surface area (Å²) >= 11 is 0. The molecule has 0 amide bonds. The highest BCUT2D eigenvalue weighted by Crippen LogP contribution is 2.22. The SMILES string of the molecule is CC.CC.CCCCC[C@H](O)CC(O)CCC1C=CC(O)=CC1. The molecule has 0 fully saturated rings. The van der Waals surface area contributed by atoms with Crippen LogP contribution in [-0.4, -0.2) is 27.5 Å². The summed E-state index contributed by atoms with van der Waals surface area (Å²) in [5.74, 6) is 0.742. The number of aliphatic hydroxyl groups excluding tert-OH is 3. The third kappa shape index (κ3) is 14.5. The standard InChI is InChI=1S/C16H28O3.2C2H6/c1-2-3-4-5-15(18)12-16(19)11-8-13-6-9-14(17)10-7-13;2*1-2/h6,9-10,13,15-19H,2-5,7-8,11-12H2,1H3;2*1-2H3/t13?,15-,16?;;/m0../s1. The molecule has 0 aliphatic heterocycles. The minimum absolute atomic E-state index is 0.336. The second-order valence-corrected chi connectivity index (χ2v) is 5.60. The Morgan fingerprint density at radius 1 is 1.04 bits per heavy atom. The highest BCUT2D eigenvalue weighted by Gasteiger charge is 2.14. The van der Waals surface area contributed by atoms with E-state index in [-0.39, 0.29) is 6.10 Å². The van der Waals surface area contributed by atoms with Crippen molar-refractivity contribution in [2.45, 2.75) is 98.2 Å². The molecule has 1 rings (SSSR count). The zero-order valence-electron chi connectivity index (χ0n) is 16.0. The van der Waals surface area contributed by atoms with Gasteiger partial charge >= 0.3 is 0 Å². The lowest BCUT2D eigenvalue weighted by Gasteiger charge is -2.18. The maximum absolute atomic E-state index is 9.91. The minimum atomic E-state index is -0.412. The van der Waals surface area contributed by atoms with Gasteiger partial charge in [0.15, 0.2) is 0 Å². The first kappa shape index (κ1) is 24.5. The molecule has 0 spiro atoms. The Hall–Kier alpha value is -0.800. The van der Waals surface area contributed by atoms with Crippen molar-refractivity contribution in [2.24, 2.45) is 5.92 Å². The Morgan fingerprint density at radius 3 is 2.17 bits per heavy atom. The van der Waals surface area contributed by atoms with Crippen LogP contribution in [0.1, 0.15) is 86.0 Å². The van der Waals surface area contributed by atoms with Crippen LogP contribution in [0.3, 0.4) is 0 Å². The molecule has 3 heteroatoms. The van der Waals surface area contributed by atoms with E-state index in [1.165, 1.54) is 0 Å². The lowest BCUT2D eigenvalue weighted by molar-refractivity contribution is 0.0668. The fraction of sp³-hybridized carbons (Fsp3) is 0.800. The zero-order valence-corrected chi connectivity index (χ0v) is 16.0. The maximum Gasteiger partial charge on any atom is 0.111 e. The Balaban J connectivity index is 0. The van der Waals surface area contributed by atoms with Crippen LogP contribution in [0.25, 0.3) is 0 Å². The molecule has 0 aromatic carbocycles. The second kappa shape index (κ2) is 17.6. The van der Waals surface area contributed by atoms with E-state index < -0.39 is 6.10 Å². The average molecular weight is 329 g/mol. The van der Waals surface area contributed by atoms with E-state index in [4.69, 9.17) is 0 Å². The van der Waals surface area contributed by atoms with E-state index in [9.17, 15) is 15.3 Å². The first-order valence-corrected chi connectivity index (χ1v) is 9.55. The molecule has 3 nitrogen and oxygen atoms in total. The minimum Gasteiger partial charge on any atom is -0.508 e. The van der Waals surface area contributed by atoms with Crippen molar-refractivity contribution < 1.29 is 15.3 Å². The summed E-state index contributed by atoms with van der Waals surface area (Å²) < 4.78 is 0. The summed E-state index contributed by atoms with van der Waals surface area (Å²) in [5, 5.41) is 28.9. The smallest absolute Gasteiger partial charge is 0.111 e. The predicted octanol–water partition coefficient (Wildman–Crippen LogP) is 5.53. The van der Waals surface area contributed by atoms with Gasteiger partial charge in [-0.2, -0.15) is 0 Å². The summed E-state index contributed by atoms with van der Waals surface area (Å²) in [7, 11) is 0. The molecule has 0 aromatic heterocycles. The first-order chi connectivity index (χ1) is 11.1. The van der Waals surface area contributed by atoms with Gasteiger partial charge in [-0.1, -0.05) is 60.0 Å². The van der Waals surface area contributed by atoms with Crippen LogP contribution in [0.15, 0.2) is 24.0 Å². The largest absolute Gasteiger partial charge is 0.508 e. The Morgan fingerprint density at radius 2 is 1.65 bits per heavy atom. The van der Waals surface area contributed by atoms with Crippen molar-refractivity contribution in [3.05, 3.63) is 24.0 Å². The Bertz CT molecular complexity index is 297. The summed E-state index contributed by atoms with van der Waals surface area (Å²) in [6.07, 6.45) is 11.9. The summed E-state index contributed by atoms with van der Waals surface area (Å²) in [4.78, 5) is 0. The number of rotatable bonds is 9. The third-order valence-corrected chi connectivity index (χ3v) is 3.72. The van der Waals surface area contributed by atoms with E-state index in [0.29, 0.717) is 24.5 Å². The van der Waals surface area contributed by atoms with Gasteiger partial charge in [-0.15, -0.1) is 0 Å². The van der Waals surface area contributed by atoms with Crippen LogP contribution in [-0.2, 0) is 0 Å². The number of aliphatic hydroxyl groups is 3. The molecule has 0 saturated heterocycles. The quantitative estimate of drug-likeness (QED) is 0.488. The molecule has 1 aliphatic rings. The van der Waals surface area contributed by atoms with E-state index in [1.54, 1.807) is 6.08 Å². The first-order valence-electron chi connectivity index (χ1n) is 9.55. The van der Waals surface area contributed by atoms with Gasteiger partial charge in [0.1, 0.15) is 5.76 Å². The summed E-state index contributed by atoms with van der Waals surface area (Å²) in [6.45, 7) is 10.1. The van der Waals surface area contributed by atoms with Crippen LogP contribution < -0.4 is 0 Å². The Kier molecular flexibility index (Phi) is 18.7. The van der Waals surface area contributed by atoms with Crippen LogP contribution in [0.2, 0.25) is 0 Å². The topological polar surface area (TPSA) is 60.7 Å². The van der Waals surface area contributed by atoms with Crippen LogP contribution in [0.5, 0.6) is 0 Å². The molecule has 3 N–H and O–H groups in total. The molecular weight excluding hydrogens is 288 g/mol. The van der Waals surface area contributed by atoms with Crippen molar-refractivity contribution in [3.8, 4) is 0 Å². The molecule has 0 heterocycles. The Labute approximate surface area is 144 Å². The fourth-order valence-corrected chi connectivity index (χ4v) is 2.45. The van der Waals surface area contributed by atoms with E-state index in [0.717, 1.165) is 38.5 Å². The van der Waals surface area contributed by atoms with Gasteiger partial charge in [-0.05, 0) is 50.2 Å². The molecule has 0 aromatic rings. The maximum atomic E-state index is 9.91. The monoisotopic (exact) mass is 328 g/mol. The van der Waals surface area contributed by atoms with Gasteiger partial charge in [0.05, 0.1) is 12.2 Å². The van der Waals surface area contributed by atoms with Crippen LogP contribution in [0, 0.1) is 5.92 Å². The zero-order chi connectivity index (χ0) is 18.1. The number of hydrogen-bond donors (Lipinski definition) is 3. The van der Waals surface area contributed by atoms with E-state index in [1.807, 2.05) is 39.8 Å².